The fraction of sp³-hybridized carbons (Fsp3) is 0.483. The Morgan fingerprint density at radius 3 is 2.54 bits per heavy atom. The van der Waals surface area contributed by atoms with Crippen LogP contribution in [-0.2, 0) is 22.5 Å². The van der Waals surface area contributed by atoms with E-state index in [1.807, 2.05) is 45.0 Å². The van der Waals surface area contributed by atoms with Crippen molar-refractivity contribution in [3.63, 3.8) is 0 Å². The number of ether oxygens (including phenoxy) is 2. The van der Waals surface area contributed by atoms with E-state index in [9.17, 15) is 9.59 Å². The third-order valence-electron chi connectivity index (χ3n) is 6.71. The first-order chi connectivity index (χ1) is 17.6. The summed E-state index contributed by atoms with van der Waals surface area (Å²) in [6.07, 6.45) is 4.20. The van der Waals surface area contributed by atoms with Crippen LogP contribution in [-0.4, -0.2) is 47.6 Å². The van der Waals surface area contributed by atoms with E-state index < -0.39 is 5.60 Å². The molecule has 1 N–H and O–H groups in total. The number of nitrogens with one attached hydrogen (secondary N) is 1. The van der Waals surface area contributed by atoms with Gasteiger partial charge in [0.25, 0.3) is 5.91 Å². The molecule has 4 rings (SSSR count). The van der Waals surface area contributed by atoms with Crippen molar-refractivity contribution in [2.75, 3.05) is 13.1 Å². The van der Waals surface area contributed by atoms with Crippen molar-refractivity contribution >= 4 is 23.5 Å². The van der Waals surface area contributed by atoms with Crippen LogP contribution in [0.25, 0.3) is 0 Å². The van der Waals surface area contributed by atoms with Crippen molar-refractivity contribution < 1.29 is 19.1 Å². The highest BCUT2D eigenvalue weighted by Crippen LogP contribution is 2.28. The number of nitriles is 1. The highest BCUT2D eigenvalue weighted by Gasteiger charge is 2.26. The van der Waals surface area contributed by atoms with Gasteiger partial charge in [0.05, 0.1) is 23.2 Å². The van der Waals surface area contributed by atoms with Crippen LogP contribution in [0.1, 0.15) is 73.5 Å². The normalized spacial score (nSPS) is 19.9. The maximum atomic E-state index is 13.0. The number of esters is 1. The predicted molar refractivity (Wildman–Crippen MR) is 142 cm³/mol. The number of benzene rings is 2. The topological polar surface area (TPSA) is 91.7 Å². The molecular weight excluding hydrogens is 490 g/mol. The van der Waals surface area contributed by atoms with Crippen molar-refractivity contribution in [1.82, 2.24) is 10.2 Å². The number of nitrogens with zero attached hydrogens (tertiary/aromatic N) is 2. The fourth-order valence-electron chi connectivity index (χ4n) is 4.89. The molecule has 1 amide bonds. The Kier molecular flexibility index (Phi) is 8.41. The number of amides is 1. The van der Waals surface area contributed by atoms with Gasteiger partial charge in [0.1, 0.15) is 17.4 Å². The van der Waals surface area contributed by atoms with Gasteiger partial charge in [-0.25, -0.2) is 0 Å². The zero-order valence-corrected chi connectivity index (χ0v) is 22.4. The Morgan fingerprint density at radius 1 is 1.11 bits per heavy atom. The Morgan fingerprint density at radius 2 is 1.86 bits per heavy atom. The summed E-state index contributed by atoms with van der Waals surface area (Å²) in [7, 11) is 0. The number of carbonyl (C=O) groups excluding carboxylic acids is 2. The third-order valence-corrected chi connectivity index (χ3v) is 7.02. The van der Waals surface area contributed by atoms with Crippen molar-refractivity contribution in [3.05, 3.63) is 63.7 Å². The quantitative estimate of drug-likeness (QED) is 0.534. The standard InChI is InChI=1S/C29H34ClN3O4/c1-29(2,3)37-27(34)18-33-13-12-19-14-20(4-5-22(19)17-33)28(35)32-23-7-10-24(11-8-23)36-25-9-6-21(16-31)26(30)15-25/h4-6,9,14-15,23-24H,7-8,10-13,17-18H2,1-3H3,(H,32,35). The molecule has 196 valence electrons. The lowest BCUT2D eigenvalue weighted by Crippen LogP contribution is -2.40. The van der Waals surface area contributed by atoms with Gasteiger partial charge >= 0.3 is 5.97 Å². The van der Waals surface area contributed by atoms with Crippen molar-refractivity contribution in [2.24, 2.45) is 0 Å². The molecule has 2 aliphatic rings. The van der Waals surface area contributed by atoms with E-state index in [2.05, 4.69) is 10.2 Å². The summed E-state index contributed by atoms with van der Waals surface area (Å²) in [4.78, 5) is 27.2. The van der Waals surface area contributed by atoms with Gasteiger partial charge in [0, 0.05) is 30.8 Å². The van der Waals surface area contributed by atoms with Crippen LogP contribution >= 0.6 is 11.6 Å². The van der Waals surface area contributed by atoms with Crippen LogP contribution in [0.5, 0.6) is 5.75 Å². The molecule has 2 aromatic carbocycles. The molecule has 0 aromatic heterocycles. The molecular formula is C29H34ClN3O4. The third kappa shape index (κ3) is 7.47. The van der Waals surface area contributed by atoms with E-state index in [4.69, 9.17) is 26.3 Å². The van der Waals surface area contributed by atoms with Crippen LogP contribution < -0.4 is 10.1 Å². The average molecular weight is 524 g/mol. The van der Waals surface area contributed by atoms with Crippen molar-refractivity contribution in [1.29, 1.82) is 5.26 Å². The lowest BCUT2D eigenvalue weighted by molar-refractivity contribution is -0.156. The molecule has 2 aromatic rings. The Labute approximate surface area is 223 Å². The van der Waals surface area contributed by atoms with Gasteiger partial charge in [-0.3, -0.25) is 14.5 Å². The molecule has 0 spiro atoms. The maximum absolute atomic E-state index is 13.0. The van der Waals surface area contributed by atoms with Gasteiger partial charge in [-0.2, -0.15) is 5.26 Å². The highest BCUT2D eigenvalue weighted by atomic mass is 35.5. The van der Waals surface area contributed by atoms with E-state index in [1.165, 1.54) is 0 Å². The first-order valence-electron chi connectivity index (χ1n) is 12.8. The van der Waals surface area contributed by atoms with E-state index >= 15 is 0 Å². The van der Waals surface area contributed by atoms with Gasteiger partial charge in [-0.1, -0.05) is 17.7 Å². The molecule has 1 aliphatic carbocycles. The second kappa shape index (κ2) is 11.5. The Bertz CT molecular complexity index is 1190. The zero-order chi connectivity index (χ0) is 26.6. The molecule has 1 aliphatic heterocycles. The number of rotatable bonds is 6. The van der Waals surface area contributed by atoms with E-state index in [-0.39, 0.29) is 30.6 Å². The van der Waals surface area contributed by atoms with Crippen molar-refractivity contribution in [2.45, 2.75) is 77.2 Å². The predicted octanol–water partition coefficient (Wildman–Crippen LogP) is 5.03. The van der Waals surface area contributed by atoms with E-state index in [0.29, 0.717) is 28.4 Å². The van der Waals surface area contributed by atoms with Gasteiger partial charge < -0.3 is 14.8 Å². The summed E-state index contributed by atoms with van der Waals surface area (Å²) in [5, 5.41) is 12.6. The van der Waals surface area contributed by atoms with Crippen LogP contribution in [0.3, 0.4) is 0 Å². The fourth-order valence-corrected chi connectivity index (χ4v) is 5.10. The second-order valence-corrected chi connectivity index (χ2v) is 11.3. The number of carbonyl (C=O) groups is 2. The summed E-state index contributed by atoms with van der Waals surface area (Å²) in [5.41, 5.74) is 2.92. The Hall–Kier alpha value is -3.08. The van der Waals surface area contributed by atoms with Crippen LogP contribution in [0.15, 0.2) is 36.4 Å². The number of hydrogen-bond donors (Lipinski definition) is 1. The first kappa shape index (κ1) is 27.0. The molecule has 8 heteroatoms. The second-order valence-electron chi connectivity index (χ2n) is 10.8. The van der Waals surface area contributed by atoms with Gasteiger partial charge in [-0.15, -0.1) is 0 Å². The minimum Gasteiger partial charge on any atom is -0.490 e. The smallest absolute Gasteiger partial charge is 0.320 e. The van der Waals surface area contributed by atoms with Gasteiger partial charge in [0.15, 0.2) is 0 Å². The van der Waals surface area contributed by atoms with Gasteiger partial charge in [-0.05, 0) is 88.3 Å². The monoisotopic (exact) mass is 523 g/mol. The molecule has 0 radical (unpaired) electrons. The zero-order valence-electron chi connectivity index (χ0n) is 21.7. The molecule has 7 nitrogen and oxygen atoms in total. The highest BCUT2D eigenvalue weighted by molar-refractivity contribution is 6.31. The first-order valence-corrected chi connectivity index (χ1v) is 13.2. The maximum Gasteiger partial charge on any atom is 0.320 e. The number of fused-ring (bicyclic) bond motifs is 1. The summed E-state index contributed by atoms with van der Waals surface area (Å²) >= 11 is 6.11. The van der Waals surface area contributed by atoms with Crippen LogP contribution in [0.2, 0.25) is 5.02 Å². The largest absolute Gasteiger partial charge is 0.490 e. The number of hydrogen-bond acceptors (Lipinski definition) is 6. The summed E-state index contributed by atoms with van der Waals surface area (Å²) in [6, 6.07) is 13.1. The molecule has 1 saturated carbocycles. The molecule has 1 heterocycles. The van der Waals surface area contributed by atoms with E-state index in [0.717, 1.165) is 49.8 Å². The summed E-state index contributed by atoms with van der Waals surface area (Å²) in [5.74, 6) is 0.394. The lowest BCUT2D eigenvalue weighted by atomic mass is 9.92. The van der Waals surface area contributed by atoms with Crippen LogP contribution in [0, 0.1) is 11.3 Å². The van der Waals surface area contributed by atoms with E-state index in [1.54, 1.807) is 18.2 Å². The minimum atomic E-state index is -0.487. The van der Waals surface area contributed by atoms with Crippen LogP contribution in [0.4, 0.5) is 0 Å². The SMILES string of the molecule is CC(C)(C)OC(=O)CN1CCc2cc(C(=O)NC3CCC(Oc4ccc(C#N)c(Cl)c4)CC3)ccc2C1. The average Bonchev–Trinajstić information content (AvgIpc) is 2.84. The molecule has 0 atom stereocenters. The lowest BCUT2D eigenvalue weighted by Gasteiger charge is -2.30. The van der Waals surface area contributed by atoms with Gasteiger partial charge in [0.2, 0.25) is 0 Å². The summed E-state index contributed by atoms with van der Waals surface area (Å²) in [6.45, 7) is 7.31. The molecule has 0 bridgehead atoms. The number of halogens is 1. The summed E-state index contributed by atoms with van der Waals surface area (Å²) < 4.78 is 11.5. The minimum absolute atomic E-state index is 0.0535. The molecule has 0 unspecified atom stereocenters. The Balaban J connectivity index is 1.25. The molecule has 37 heavy (non-hydrogen) atoms. The molecule has 1 fully saturated rings. The van der Waals surface area contributed by atoms with Crippen molar-refractivity contribution in [3.8, 4) is 11.8 Å². The molecule has 0 saturated heterocycles.